The van der Waals surface area contributed by atoms with Crippen molar-refractivity contribution in [3.8, 4) is 5.95 Å². The molecule has 0 amide bonds. The average molecular weight is 342 g/mol. The molecule has 0 aromatic carbocycles. The van der Waals surface area contributed by atoms with Crippen molar-refractivity contribution in [3.05, 3.63) is 88.3 Å². The Hall–Kier alpha value is -3.54. The van der Waals surface area contributed by atoms with Gasteiger partial charge in [-0.3, -0.25) is 9.97 Å². The molecule has 0 radical (unpaired) electrons. The number of aromatic nitrogens is 6. The molecule has 0 aliphatic rings. The maximum atomic E-state index is 4.77. The lowest BCUT2D eigenvalue weighted by Crippen LogP contribution is -2.27. The Bertz CT molecular complexity index is 1110. The molecule has 6 nitrogen and oxygen atoms in total. The first kappa shape index (κ1) is 16.0. The number of nitrogens with one attached hydrogen (secondary N) is 1. The first-order valence-electron chi connectivity index (χ1n) is 8.29. The third-order valence-electron chi connectivity index (χ3n) is 4.06. The van der Waals surface area contributed by atoms with E-state index in [1.807, 2.05) is 56.3 Å². The number of hydrogen-bond donors (Lipinski definition) is 1. The van der Waals surface area contributed by atoms with E-state index in [-0.39, 0.29) is 0 Å². The van der Waals surface area contributed by atoms with E-state index in [2.05, 4.69) is 26.6 Å². The van der Waals surface area contributed by atoms with E-state index < -0.39 is 0 Å². The van der Waals surface area contributed by atoms with Gasteiger partial charge in [-0.05, 0) is 44.2 Å². The van der Waals surface area contributed by atoms with Gasteiger partial charge in [0, 0.05) is 18.1 Å². The fourth-order valence-corrected chi connectivity index (χ4v) is 2.94. The maximum absolute atomic E-state index is 4.77. The van der Waals surface area contributed by atoms with Crippen LogP contribution in [-0.2, 0) is 0 Å². The highest BCUT2D eigenvalue weighted by molar-refractivity contribution is 5.74. The first-order valence-corrected chi connectivity index (χ1v) is 8.29. The lowest BCUT2D eigenvalue weighted by atomic mass is 10.1. The van der Waals surface area contributed by atoms with Crippen LogP contribution in [0.3, 0.4) is 0 Å². The maximum Gasteiger partial charge on any atom is 0.229 e. The summed E-state index contributed by atoms with van der Waals surface area (Å²) in [7, 11) is 0. The van der Waals surface area contributed by atoms with Crippen LogP contribution in [0.2, 0.25) is 0 Å². The molecule has 0 unspecified atom stereocenters. The van der Waals surface area contributed by atoms with Gasteiger partial charge < -0.3 is 4.98 Å². The quantitative estimate of drug-likeness (QED) is 0.615. The molecule has 4 heterocycles. The van der Waals surface area contributed by atoms with Crippen molar-refractivity contribution in [2.24, 2.45) is 0 Å². The van der Waals surface area contributed by atoms with E-state index in [1.165, 1.54) is 0 Å². The molecular formula is C20H18N6. The van der Waals surface area contributed by atoms with Gasteiger partial charge in [0.05, 0.1) is 28.0 Å². The molecule has 0 saturated carbocycles. The third kappa shape index (κ3) is 2.82. The molecule has 0 bridgehead atoms. The fraction of sp³-hybridized carbons (Fsp3) is 0.100. The van der Waals surface area contributed by atoms with Gasteiger partial charge in [-0.15, -0.1) is 0 Å². The zero-order valence-corrected chi connectivity index (χ0v) is 14.6. The van der Waals surface area contributed by atoms with E-state index in [1.54, 1.807) is 17.1 Å². The summed E-state index contributed by atoms with van der Waals surface area (Å²) < 4.78 is 1.78. The van der Waals surface area contributed by atoms with E-state index in [0.717, 1.165) is 28.3 Å². The average Bonchev–Trinajstić information content (AvgIpc) is 3.19. The molecule has 1 N–H and O–H groups in total. The summed E-state index contributed by atoms with van der Waals surface area (Å²) in [5.41, 5.74) is 4.36. The molecule has 128 valence electrons. The minimum Gasteiger partial charge on any atom is -0.323 e. The summed E-state index contributed by atoms with van der Waals surface area (Å²) in [6.45, 7) is 8.09. The molecule has 0 aliphatic heterocycles. The van der Waals surface area contributed by atoms with Crippen LogP contribution in [0.1, 0.15) is 22.8 Å². The van der Waals surface area contributed by atoms with Crippen molar-refractivity contribution in [1.82, 2.24) is 29.7 Å². The van der Waals surface area contributed by atoms with Gasteiger partial charge in [0.25, 0.3) is 0 Å². The Morgan fingerprint density at radius 1 is 1.00 bits per heavy atom. The predicted molar refractivity (Wildman–Crippen MR) is 100 cm³/mol. The molecule has 0 atom stereocenters. The topological polar surface area (TPSA) is 72.3 Å². The van der Waals surface area contributed by atoms with E-state index in [0.29, 0.717) is 16.6 Å². The lowest BCUT2D eigenvalue weighted by molar-refractivity contribution is 0.785. The van der Waals surface area contributed by atoms with Crippen molar-refractivity contribution in [3.63, 3.8) is 0 Å². The van der Waals surface area contributed by atoms with Crippen LogP contribution in [0.15, 0.2) is 54.9 Å². The van der Waals surface area contributed by atoms with E-state index in [9.17, 15) is 0 Å². The van der Waals surface area contributed by atoms with Gasteiger partial charge in [0.1, 0.15) is 5.35 Å². The number of rotatable bonds is 3. The fourth-order valence-electron chi connectivity index (χ4n) is 2.94. The van der Waals surface area contributed by atoms with Gasteiger partial charge in [-0.2, -0.15) is 5.10 Å². The van der Waals surface area contributed by atoms with Crippen LogP contribution < -0.4 is 10.7 Å². The highest BCUT2D eigenvalue weighted by Gasteiger charge is 2.13. The number of aromatic amines is 1. The molecule has 4 rings (SSSR count). The normalized spacial score (nSPS) is 10.8. The second-order valence-corrected chi connectivity index (χ2v) is 6.03. The van der Waals surface area contributed by atoms with Crippen LogP contribution in [0.4, 0.5) is 0 Å². The van der Waals surface area contributed by atoms with Gasteiger partial charge >= 0.3 is 0 Å². The summed E-state index contributed by atoms with van der Waals surface area (Å²) >= 11 is 0. The van der Waals surface area contributed by atoms with Crippen molar-refractivity contribution in [1.29, 1.82) is 0 Å². The molecule has 26 heavy (non-hydrogen) atoms. The third-order valence-corrected chi connectivity index (χ3v) is 4.06. The molecule has 4 aromatic heterocycles. The standard InChI is InChI=1S/C20H18N6/c1-13-12-14(2)26(25-13)20-23-15(3)19(24-20)18(16-8-4-6-10-21-16)17-9-5-7-11-22-17/h4-12H,3H2,1-2H3,(H,23,24). The lowest BCUT2D eigenvalue weighted by Gasteiger charge is -2.04. The SMILES string of the molecule is C=c1[nH]c(-n2nc(C)cc2C)nc1=C(c1ccccn1)c1ccccn1. The Morgan fingerprint density at radius 2 is 1.65 bits per heavy atom. The largest absolute Gasteiger partial charge is 0.323 e. The van der Waals surface area contributed by atoms with Gasteiger partial charge in [-0.25, -0.2) is 9.67 Å². The van der Waals surface area contributed by atoms with Crippen LogP contribution in [0.5, 0.6) is 0 Å². The number of nitrogens with zero attached hydrogens (tertiary/aromatic N) is 5. The summed E-state index contributed by atoms with van der Waals surface area (Å²) in [5, 5.41) is 5.90. The number of pyridine rings is 2. The molecule has 6 heteroatoms. The van der Waals surface area contributed by atoms with Crippen molar-refractivity contribution < 1.29 is 0 Å². The smallest absolute Gasteiger partial charge is 0.229 e. The molecule has 0 saturated heterocycles. The van der Waals surface area contributed by atoms with Crippen LogP contribution >= 0.6 is 0 Å². The summed E-state index contributed by atoms with van der Waals surface area (Å²) in [6.07, 6.45) is 3.52. The minimum atomic E-state index is 0.625. The summed E-state index contributed by atoms with van der Waals surface area (Å²) in [4.78, 5) is 17.0. The van der Waals surface area contributed by atoms with Crippen LogP contribution in [0, 0.1) is 13.8 Å². The summed E-state index contributed by atoms with van der Waals surface area (Å²) in [6, 6.07) is 13.6. The predicted octanol–water partition coefficient (Wildman–Crippen LogP) is 1.66. The van der Waals surface area contributed by atoms with Gasteiger partial charge in [0.2, 0.25) is 5.95 Å². The van der Waals surface area contributed by atoms with Crippen LogP contribution in [-0.4, -0.2) is 29.7 Å². The molecule has 0 aliphatic carbocycles. The Labute approximate surface area is 150 Å². The number of H-pyrrole nitrogens is 1. The second kappa shape index (κ2) is 6.40. The summed E-state index contributed by atoms with van der Waals surface area (Å²) in [5.74, 6) is 0.625. The van der Waals surface area contributed by atoms with E-state index in [4.69, 9.17) is 4.98 Å². The molecule has 0 spiro atoms. The van der Waals surface area contributed by atoms with Crippen LogP contribution in [0.25, 0.3) is 18.1 Å². The Balaban J connectivity index is 2.03. The number of hydrogen-bond acceptors (Lipinski definition) is 4. The van der Waals surface area contributed by atoms with Gasteiger partial charge in [-0.1, -0.05) is 18.7 Å². The minimum absolute atomic E-state index is 0.625. The second-order valence-electron chi connectivity index (χ2n) is 6.03. The van der Waals surface area contributed by atoms with Gasteiger partial charge in [0.15, 0.2) is 0 Å². The zero-order valence-electron chi connectivity index (χ0n) is 14.6. The Kier molecular flexibility index (Phi) is 3.93. The highest BCUT2D eigenvalue weighted by Crippen LogP contribution is 2.15. The highest BCUT2D eigenvalue weighted by atomic mass is 15.4. The van der Waals surface area contributed by atoms with Crippen molar-refractivity contribution in [2.45, 2.75) is 13.8 Å². The molecule has 4 aromatic rings. The van der Waals surface area contributed by atoms with E-state index >= 15 is 0 Å². The first-order chi connectivity index (χ1) is 12.6. The Morgan fingerprint density at radius 3 is 2.15 bits per heavy atom. The zero-order chi connectivity index (χ0) is 18.1. The van der Waals surface area contributed by atoms with Crippen molar-refractivity contribution >= 4 is 12.2 Å². The number of imidazole rings is 1. The molecular weight excluding hydrogens is 324 g/mol. The number of aryl methyl sites for hydroxylation is 2. The molecule has 0 fully saturated rings. The van der Waals surface area contributed by atoms with Crippen molar-refractivity contribution in [2.75, 3.05) is 0 Å². The monoisotopic (exact) mass is 342 g/mol.